The van der Waals surface area contributed by atoms with E-state index in [2.05, 4.69) is 17.7 Å². The number of aryl methyl sites for hydroxylation is 1. The maximum absolute atomic E-state index is 10.6. The fourth-order valence-electron chi connectivity index (χ4n) is 4.07. The largest absolute Gasteiger partial charge is 0.439 e. The molecule has 0 aliphatic heterocycles. The summed E-state index contributed by atoms with van der Waals surface area (Å²) in [4.78, 5) is 2.30. The maximum atomic E-state index is 10.6. The topological polar surface area (TPSA) is 59.8 Å². The lowest BCUT2D eigenvalue weighted by atomic mass is 10.1. The van der Waals surface area contributed by atoms with Gasteiger partial charge in [-0.15, -0.1) is 6.42 Å². The Kier molecular flexibility index (Phi) is 8.37. The van der Waals surface area contributed by atoms with E-state index >= 15 is 0 Å². The van der Waals surface area contributed by atoms with Gasteiger partial charge in [-0.1, -0.05) is 49.2 Å². The van der Waals surface area contributed by atoms with Crippen molar-refractivity contribution in [2.75, 3.05) is 26.3 Å². The molecule has 0 bridgehead atoms. The number of aliphatic hydroxyl groups excluding tert-OH is 1. The summed E-state index contributed by atoms with van der Waals surface area (Å²) >= 11 is 0. The molecule has 6 nitrogen and oxygen atoms in total. The van der Waals surface area contributed by atoms with Crippen molar-refractivity contribution in [2.45, 2.75) is 38.8 Å². The second-order valence-corrected chi connectivity index (χ2v) is 8.76. The minimum Gasteiger partial charge on any atom is -0.439 e. The molecule has 34 heavy (non-hydrogen) atoms. The molecule has 3 aromatic rings. The summed E-state index contributed by atoms with van der Waals surface area (Å²) in [5.41, 5.74) is 2.99. The third kappa shape index (κ3) is 6.48. The molecule has 1 N–H and O–H groups in total. The Morgan fingerprint density at radius 1 is 1.15 bits per heavy atom. The normalized spacial score (nSPS) is 14.2. The summed E-state index contributed by atoms with van der Waals surface area (Å²) in [5, 5.41) is 15.5. The zero-order valence-corrected chi connectivity index (χ0v) is 19.8. The van der Waals surface area contributed by atoms with Gasteiger partial charge in [-0.3, -0.25) is 4.90 Å². The van der Waals surface area contributed by atoms with Gasteiger partial charge in [-0.2, -0.15) is 5.10 Å². The second-order valence-electron chi connectivity index (χ2n) is 8.76. The highest BCUT2D eigenvalue weighted by Gasteiger charge is 2.28. The number of hydrogen-bond acceptors (Lipinski definition) is 5. The first-order chi connectivity index (χ1) is 16.7. The van der Waals surface area contributed by atoms with Crippen LogP contribution in [0, 0.1) is 18.3 Å². The molecule has 6 heteroatoms. The van der Waals surface area contributed by atoms with Crippen LogP contribution in [0.3, 0.4) is 0 Å². The van der Waals surface area contributed by atoms with Crippen LogP contribution in [-0.2, 0) is 17.7 Å². The predicted octanol–water partition coefficient (Wildman–Crippen LogP) is 4.45. The van der Waals surface area contributed by atoms with Crippen LogP contribution in [0.2, 0.25) is 0 Å². The summed E-state index contributed by atoms with van der Waals surface area (Å²) < 4.78 is 13.7. The molecule has 1 heterocycles. The second kappa shape index (κ2) is 11.8. The van der Waals surface area contributed by atoms with Crippen molar-refractivity contribution in [2.24, 2.45) is 5.92 Å². The van der Waals surface area contributed by atoms with E-state index in [4.69, 9.17) is 21.0 Å². The first-order valence-corrected chi connectivity index (χ1v) is 12.0. The molecule has 1 aromatic heterocycles. The Bertz CT molecular complexity index is 1070. The van der Waals surface area contributed by atoms with Crippen LogP contribution in [0.1, 0.15) is 31.0 Å². The number of nitrogens with zero attached hydrogens (tertiary/aromatic N) is 3. The quantitative estimate of drug-likeness (QED) is 0.302. The first-order valence-electron chi connectivity index (χ1n) is 12.0. The number of hydrogen-bond donors (Lipinski definition) is 1. The van der Waals surface area contributed by atoms with Crippen LogP contribution in [0.25, 0.3) is 5.69 Å². The molecule has 0 saturated heterocycles. The third-order valence-electron chi connectivity index (χ3n) is 5.87. The number of ether oxygens (including phenoxy) is 2. The summed E-state index contributed by atoms with van der Waals surface area (Å²) in [5.74, 6) is 4.60. The van der Waals surface area contributed by atoms with Crippen molar-refractivity contribution in [3.8, 4) is 29.7 Å². The van der Waals surface area contributed by atoms with Crippen LogP contribution >= 0.6 is 0 Å². The lowest BCUT2D eigenvalue weighted by Gasteiger charge is -2.25. The van der Waals surface area contributed by atoms with Crippen LogP contribution in [0.4, 0.5) is 0 Å². The fourth-order valence-corrected chi connectivity index (χ4v) is 4.07. The molecule has 1 aliphatic carbocycles. The number of benzene rings is 2. The van der Waals surface area contributed by atoms with E-state index < -0.39 is 6.10 Å². The summed E-state index contributed by atoms with van der Waals surface area (Å²) in [6.07, 6.45) is 7.90. The molecule has 0 spiro atoms. The van der Waals surface area contributed by atoms with Gasteiger partial charge < -0.3 is 14.6 Å². The molecule has 0 amide bonds. The molecule has 1 aliphatic rings. The van der Waals surface area contributed by atoms with Gasteiger partial charge >= 0.3 is 0 Å². The lowest BCUT2D eigenvalue weighted by Crippen LogP contribution is -2.36. The lowest BCUT2D eigenvalue weighted by molar-refractivity contribution is 0.0249. The molecular weight excluding hydrogens is 426 g/mol. The van der Waals surface area contributed by atoms with Gasteiger partial charge in [0.15, 0.2) is 0 Å². The van der Waals surface area contributed by atoms with E-state index in [0.29, 0.717) is 24.9 Å². The zero-order chi connectivity index (χ0) is 23.8. The van der Waals surface area contributed by atoms with Crippen molar-refractivity contribution in [1.29, 1.82) is 0 Å². The van der Waals surface area contributed by atoms with Gasteiger partial charge in [-0.25, -0.2) is 4.68 Å². The summed E-state index contributed by atoms with van der Waals surface area (Å²) in [7, 11) is 0. The molecule has 4 rings (SSSR count). The van der Waals surface area contributed by atoms with Crippen LogP contribution in [0.15, 0.2) is 60.7 Å². The number of rotatable bonds is 13. The van der Waals surface area contributed by atoms with Gasteiger partial charge in [0.05, 0.1) is 29.7 Å². The Labute approximate surface area is 202 Å². The van der Waals surface area contributed by atoms with E-state index in [9.17, 15) is 5.11 Å². The summed E-state index contributed by atoms with van der Waals surface area (Å²) in [6, 6.07) is 19.9. The van der Waals surface area contributed by atoms with Crippen molar-refractivity contribution >= 4 is 0 Å². The van der Waals surface area contributed by atoms with E-state index in [1.807, 2.05) is 65.3 Å². The van der Waals surface area contributed by atoms with E-state index in [1.165, 1.54) is 12.8 Å². The molecule has 1 unspecified atom stereocenters. The Morgan fingerprint density at radius 2 is 1.85 bits per heavy atom. The van der Waals surface area contributed by atoms with Crippen LogP contribution in [-0.4, -0.2) is 52.2 Å². The Hall–Kier alpha value is -3.11. The van der Waals surface area contributed by atoms with Gasteiger partial charge in [0.2, 0.25) is 5.88 Å². The number of para-hydroxylation sites is 2. The average Bonchev–Trinajstić information content (AvgIpc) is 3.61. The highest BCUT2D eigenvalue weighted by molar-refractivity contribution is 5.43. The van der Waals surface area contributed by atoms with E-state index in [0.717, 1.165) is 35.7 Å². The molecule has 1 atom stereocenters. The summed E-state index contributed by atoms with van der Waals surface area (Å²) in [6.45, 7) is 4.62. The third-order valence-corrected chi connectivity index (χ3v) is 5.87. The Balaban J connectivity index is 1.65. The minimum absolute atomic E-state index is 0.207. The highest BCUT2D eigenvalue weighted by Crippen LogP contribution is 2.34. The number of terminal acetylenes is 1. The molecule has 2 aromatic carbocycles. The predicted molar refractivity (Wildman–Crippen MR) is 133 cm³/mol. The van der Waals surface area contributed by atoms with E-state index in [-0.39, 0.29) is 13.2 Å². The molecular formula is C28H33N3O3. The first kappa shape index (κ1) is 24.0. The van der Waals surface area contributed by atoms with Crippen molar-refractivity contribution in [3.05, 3.63) is 71.9 Å². The van der Waals surface area contributed by atoms with Gasteiger partial charge in [0.25, 0.3) is 0 Å². The van der Waals surface area contributed by atoms with Gasteiger partial charge in [0, 0.05) is 19.6 Å². The average molecular weight is 460 g/mol. The monoisotopic (exact) mass is 459 g/mol. The van der Waals surface area contributed by atoms with Crippen molar-refractivity contribution in [3.63, 3.8) is 0 Å². The molecule has 1 saturated carbocycles. The van der Waals surface area contributed by atoms with E-state index in [1.54, 1.807) is 0 Å². The molecule has 1 fully saturated rings. The Morgan fingerprint density at radius 3 is 2.50 bits per heavy atom. The van der Waals surface area contributed by atoms with Crippen LogP contribution < -0.4 is 4.74 Å². The minimum atomic E-state index is -0.611. The zero-order valence-electron chi connectivity index (χ0n) is 19.8. The highest BCUT2D eigenvalue weighted by atomic mass is 16.5. The fraction of sp³-hybridized carbons (Fsp3) is 0.393. The van der Waals surface area contributed by atoms with Crippen LogP contribution in [0.5, 0.6) is 11.6 Å². The SMILES string of the molecule is C#CCOCC(O)CN(Cc1c(CC)nn(-c2ccccc2)c1Oc1ccccc1)CC1CC1. The number of aromatic nitrogens is 2. The smallest absolute Gasteiger partial charge is 0.227 e. The molecule has 178 valence electrons. The maximum Gasteiger partial charge on any atom is 0.227 e. The standard InChI is InChI=1S/C28H33N3O3/c1-3-17-33-21-24(32)19-30(18-22-15-16-22)20-26-27(4-2)29-31(23-11-7-5-8-12-23)28(26)34-25-13-9-6-10-14-25/h1,5-14,22,24,32H,4,15-21H2,2H3. The van der Waals surface area contributed by atoms with Crippen molar-refractivity contribution in [1.82, 2.24) is 14.7 Å². The molecule has 0 radical (unpaired) electrons. The number of aliphatic hydroxyl groups is 1. The van der Waals surface area contributed by atoms with Gasteiger partial charge in [-0.05, 0) is 49.4 Å². The van der Waals surface area contributed by atoms with Crippen molar-refractivity contribution < 1.29 is 14.6 Å². The van der Waals surface area contributed by atoms with Gasteiger partial charge in [0.1, 0.15) is 12.4 Å².